The van der Waals surface area contributed by atoms with Gasteiger partial charge in [0.05, 0.1) is 24.1 Å². The van der Waals surface area contributed by atoms with Crippen molar-refractivity contribution < 1.29 is 23.1 Å². The quantitative estimate of drug-likeness (QED) is 0.875. The van der Waals surface area contributed by atoms with E-state index in [1.54, 1.807) is 6.92 Å². The zero-order valence-electron chi connectivity index (χ0n) is 11.4. The minimum Gasteiger partial charge on any atom is -0.394 e. The second-order valence-electron chi connectivity index (χ2n) is 4.99. The van der Waals surface area contributed by atoms with E-state index in [-0.39, 0.29) is 18.9 Å². The van der Waals surface area contributed by atoms with Crippen molar-refractivity contribution in [1.82, 2.24) is 5.32 Å². The van der Waals surface area contributed by atoms with Crippen molar-refractivity contribution in [3.63, 3.8) is 0 Å². The molecule has 0 saturated heterocycles. The van der Waals surface area contributed by atoms with Gasteiger partial charge in [0.25, 0.3) is 0 Å². The Labute approximate surface area is 115 Å². The van der Waals surface area contributed by atoms with Crippen LogP contribution in [0, 0.1) is 0 Å². The molecule has 1 aromatic carbocycles. The van der Waals surface area contributed by atoms with Gasteiger partial charge in [-0.05, 0) is 31.0 Å². The van der Waals surface area contributed by atoms with Gasteiger partial charge in [-0.3, -0.25) is 4.79 Å². The number of rotatable bonds is 5. The highest BCUT2D eigenvalue weighted by Gasteiger charge is 2.30. The minimum atomic E-state index is -4.38. The molecule has 0 aromatic heterocycles. The Morgan fingerprint density at radius 1 is 1.25 bits per heavy atom. The fraction of sp³-hybridized carbons (Fsp3) is 0.500. The van der Waals surface area contributed by atoms with Crippen LogP contribution in [0.3, 0.4) is 0 Å². The maximum absolute atomic E-state index is 12.4. The van der Waals surface area contributed by atoms with Crippen molar-refractivity contribution in [2.45, 2.75) is 38.4 Å². The van der Waals surface area contributed by atoms with Crippen molar-refractivity contribution >= 4 is 5.91 Å². The van der Waals surface area contributed by atoms with Crippen molar-refractivity contribution in [3.05, 3.63) is 35.4 Å². The number of halogens is 3. The van der Waals surface area contributed by atoms with Gasteiger partial charge >= 0.3 is 6.18 Å². The van der Waals surface area contributed by atoms with Crippen LogP contribution in [-0.4, -0.2) is 23.2 Å². The molecule has 0 heterocycles. The van der Waals surface area contributed by atoms with Gasteiger partial charge in [0.15, 0.2) is 0 Å². The standard InChI is InChI=1S/C14H18F3NO2/c1-3-13(2,9-19)18-12(20)8-10-4-6-11(7-5-10)14(15,16)17/h4-7,19H,3,8-9H2,1-2H3,(H,18,20). The summed E-state index contributed by atoms with van der Waals surface area (Å²) >= 11 is 0. The molecule has 112 valence electrons. The topological polar surface area (TPSA) is 49.3 Å². The van der Waals surface area contributed by atoms with E-state index in [2.05, 4.69) is 5.32 Å². The van der Waals surface area contributed by atoms with Crippen LogP contribution < -0.4 is 5.32 Å². The Hall–Kier alpha value is -1.56. The smallest absolute Gasteiger partial charge is 0.394 e. The monoisotopic (exact) mass is 289 g/mol. The lowest BCUT2D eigenvalue weighted by atomic mass is 9.99. The lowest BCUT2D eigenvalue weighted by Gasteiger charge is -2.27. The molecule has 1 rings (SSSR count). The van der Waals surface area contributed by atoms with Crippen LogP contribution in [0.25, 0.3) is 0 Å². The third-order valence-corrected chi connectivity index (χ3v) is 3.22. The van der Waals surface area contributed by atoms with E-state index in [0.717, 1.165) is 12.1 Å². The predicted octanol–water partition coefficient (Wildman–Crippen LogP) is 2.53. The lowest BCUT2D eigenvalue weighted by Crippen LogP contribution is -2.48. The number of benzene rings is 1. The third kappa shape index (κ3) is 4.52. The summed E-state index contributed by atoms with van der Waals surface area (Å²) < 4.78 is 37.2. The summed E-state index contributed by atoms with van der Waals surface area (Å²) in [6, 6.07) is 4.47. The molecule has 0 saturated carbocycles. The van der Waals surface area contributed by atoms with Gasteiger partial charge in [-0.2, -0.15) is 13.2 Å². The Kier molecular flexibility index (Phi) is 5.16. The number of hydrogen-bond acceptors (Lipinski definition) is 2. The zero-order chi connectivity index (χ0) is 15.4. The van der Waals surface area contributed by atoms with Gasteiger partial charge in [0, 0.05) is 0 Å². The summed E-state index contributed by atoms with van der Waals surface area (Å²) in [6.45, 7) is 3.34. The maximum Gasteiger partial charge on any atom is 0.416 e. The number of carbonyl (C=O) groups is 1. The summed E-state index contributed by atoms with van der Waals surface area (Å²) in [6.07, 6.45) is -3.84. The Bertz CT molecular complexity index is 450. The molecule has 1 atom stereocenters. The summed E-state index contributed by atoms with van der Waals surface area (Å²) in [4.78, 5) is 11.8. The normalized spacial score (nSPS) is 14.7. The number of amides is 1. The first-order chi connectivity index (χ1) is 9.20. The Balaban J connectivity index is 2.68. The molecule has 0 aliphatic heterocycles. The molecule has 6 heteroatoms. The van der Waals surface area contributed by atoms with E-state index in [0.29, 0.717) is 12.0 Å². The molecule has 0 spiro atoms. The summed E-state index contributed by atoms with van der Waals surface area (Å²) in [5.74, 6) is -0.330. The van der Waals surface area contributed by atoms with E-state index in [4.69, 9.17) is 0 Å². The second kappa shape index (κ2) is 6.26. The van der Waals surface area contributed by atoms with Crippen molar-refractivity contribution in [1.29, 1.82) is 0 Å². The number of aliphatic hydroxyl groups is 1. The van der Waals surface area contributed by atoms with Crippen LogP contribution in [-0.2, 0) is 17.4 Å². The number of nitrogens with one attached hydrogen (secondary N) is 1. The van der Waals surface area contributed by atoms with E-state index in [1.165, 1.54) is 12.1 Å². The van der Waals surface area contributed by atoms with Crippen LogP contribution in [0.5, 0.6) is 0 Å². The van der Waals surface area contributed by atoms with E-state index >= 15 is 0 Å². The molecule has 20 heavy (non-hydrogen) atoms. The zero-order valence-corrected chi connectivity index (χ0v) is 11.4. The van der Waals surface area contributed by atoms with Crippen molar-refractivity contribution in [2.75, 3.05) is 6.61 Å². The van der Waals surface area contributed by atoms with Gasteiger partial charge in [-0.15, -0.1) is 0 Å². The number of alkyl halides is 3. The largest absolute Gasteiger partial charge is 0.416 e. The molecule has 1 amide bonds. The van der Waals surface area contributed by atoms with Gasteiger partial charge < -0.3 is 10.4 Å². The van der Waals surface area contributed by atoms with Crippen LogP contribution >= 0.6 is 0 Å². The van der Waals surface area contributed by atoms with Crippen LogP contribution in [0.1, 0.15) is 31.4 Å². The predicted molar refractivity (Wildman–Crippen MR) is 69.1 cm³/mol. The molecule has 1 aromatic rings. The fourth-order valence-electron chi connectivity index (χ4n) is 1.62. The molecule has 2 N–H and O–H groups in total. The van der Waals surface area contributed by atoms with Gasteiger partial charge in [-0.25, -0.2) is 0 Å². The Morgan fingerprint density at radius 3 is 2.20 bits per heavy atom. The molecule has 0 fully saturated rings. The van der Waals surface area contributed by atoms with Crippen LogP contribution in [0.15, 0.2) is 24.3 Å². The number of aliphatic hydroxyl groups excluding tert-OH is 1. The molecular weight excluding hydrogens is 271 g/mol. The average molecular weight is 289 g/mol. The van der Waals surface area contributed by atoms with E-state index < -0.39 is 17.3 Å². The first kappa shape index (κ1) is 16.5. The van der Waals surface area contributed by atoms with Crippen molar-refractivity contribution in [3.8, 4) is 0 Å². The minimum absolute atomic E-state index is 0.0201. The van der Waals surface area contributed by atoms with E-state index in [1.807, 2.05) is 6.92 Å². The number of hydrogen-bond donors (Lipinski definition) is 2. The highest BCUT2D eigenvalue weighted by Crippen LogP contribution is 2.29. The summed E-state index contributed by atoms with van der Waals surface area (Å²) in [5.41, 5.74) is -0.953. The average Bonchev–Trinajstić information content (AvgIpc) is 2.38. The molecular formula is C14H18F3NO2. The molecule has 0 radical (unpaired) electrons. The molecule has 0 bridgehead atoms. The summed E-state index contributed by atoms with van der Waals surface area (Å²) in [5, 5.41) is 11.9. The van der Waals surface area contributed by atoms with E-state index in [9.17, 15) is 23.1 Å². The molecule has 0 aliphatic carbocycles. The summed E-state index contributed by atoms with van der Waals surface area (Å²) in [7, 11) is 0. The van der Waals surface area contributed by atoms with Gasteiger partial charge in [-0.1, -0.05) is 19.1 Å². The molecule has 3 nitrogen and oxygen atoms in total. The second-order valence-corrected chi connectivity index (χ2v) is 4.99. The van der Waals surface area contributed by atoms with Crippen LogP contribution in [0.4, 0.5) is 13.2 Å². The lowest BCUT2D eigenvalue weighted by molar-refractivity contribution is -0.137. The number of carbonyl (C=O) groups excluding carboxylic acids is 1. The SMILES string of the molecule is CCC(C)(CO)NC(=O)Cc1ccc(C(F)(F)F)cc1. The molecule has 0 aliphatic rings. The first-order valence-electron chi connectivity index (χ1n) is 6.28. The highest BCUT2D eigenvalue weighted by molar-refractivity contribution is 5.79. The van der Waals surface area contributed by atoms with Gasteiger partial charge in [0.2, 0.25) is 5.91 Å². The Morgan fingerprint density at radius 2 is 1.80 bits per heavy atom. The highest BCUT2D eigenvalue weighted by atomic mass is 19.4. The van der Waals surface area contributed by atoms with Crippen molar-refractivity contribution in [2.24, 2.45) is 0 Å². The first-order valence-corrected chi connectivity index (χ1v) is 6.28. The third-order valence-electron chi connectivity index (χ3n) is 3.22. The van der Waals surface area contributed by atoms with Crippen LogP contribution in [0.2, 0.25) is 0 Å². The maximum atomic E-state index is 12.4. The molecule has 1 unspecified atom stereocenters. The fourth-order valence-corrected chi connectivity index (χ4v) is 1.62. The van der Waals surface area contributed by atoms with Gasteiger partial charge in [0.1, 0.15) is 0 Å².